The molecule has 1 saturated carbocycles. The van der Waals surface area contributed by atoms with E-state index in [-0.39, 0.29) is 11.9 Å². The van der Waals surface area contributed by atoms with Crippen molar-refractivity contribution >= 4 is 11.7 Å². The second-order valence-electron chi connectivity index (χ2n) is 3.64. The summed E-state index contributed by atoms with van der Waals surface area (Å²) in [6.07, 6.45) is 0.899. The van der Waals surface area contributed by atoms with Gasteiger partial charge < -0.3 is 10.5 Å². The summed E-state index contributed by atoms with van der Waals surface area (Å²) in [5.41, 5.74) is 7.51. The predicted octanol–water partition coefficient (Wildman–Crippen LogP) is 1.55. The van der Waals surface area contributed by atoms with E-state index in [0.717, 1.165) is 12.1 Å². The van der Waals surface area contributed by atoms with Gasteiger partial charge in [-0.15, -0.1) is 0 Å². The highest BCUT2D eigenvalue weighted by Crippen LogP contribution is 2.48. The summed E-state index contributed by atoms with van der Waals surface area (Å²) in [6.45, 7) is 0. The van der Waals surface area contributed by atoms with Crippen molar-refractivity contribution in [3.05, 3.63) is 29.8 Å². The summed E-state index contributed by atoms with van der Waals surface area (Å²) < 4.78 is 4.69. The maximum atomic E-state index is 11.2. The molecule has 0 heterocycles. The lowest BCUT2D eigenvalue weighted by atomic mass is 10.1. The number of anilines is 1. The molecule has 1 aromatic carbocycles. The molecule has 3 heteroatoms. The fourth-order valence-electron chi connectivity index (χ4n) is 1.72. The van der Waals surface area contributed by atoms with Crippen LogP contribution in [0.1, 0.15) is 17.9 Å². The van der Waals surface area contributed by atoms with Crippen LogP contribution in [0.3, 0.4) is 0 Å². The van der Waals surface area contributed by atoms with Gasteiger partial charge in [0.1, 0.15) is 0 Å². The van der Waals surface area contributed by atoms with Crippen LogP contribution in [0.25, 0.3) is 0 Å². The predicted molar refractivity (Wildman–Crippen MR) is 53.7 cm³/mol. The highest BCUT2D eigenvalue weighted by atomic mass is 16.5. The Morgan fingerprint density at radius 1 is 1.43 bits per heavy atom. The van der Waals surface area contributed by atoms with E-state index in [1.807, 2.05) is 24.3 Å². The van der Waals surface area contributed by atoms with Gasteiger partial charge in [-0.3, -0.25) is 4.79 Å². The molecule has 1 aliphatic carbocycles. The highest BCUT2D eigenvalue weighted by molar-refractivity contribution is 5.77. The van der Waals surface area contributed by atoms with E-state index in [0.29, 0.717) is 5.92 Å². The number of nitrogen functional groups attached to an aromatic ring is 1. The lowest BCUT2D eigenvalue weighted by Gasteiger charge is -2.00. The van der Waals surface area contributed by atoms with Gasteiger partial charge in [0.2, 0.25) is 0 Å². The molecule has 74 valence electrons. The number of benzene rings is 1. The maximum Gasteiger partial charge on any atom is 0.309 e. The number of ether oxygens (including phenoxy) is 1. The minimum Gasteiger partial charge on any atom is -0.469 e. The van der Waals surface area contributed by atoms with Crippen molar-refractivity contribution in [1.82, 2.24) is 0 Å². The summed E-state index contributed by atoms with van der Waals surface area (Å²) in [5, 5.41) is 0. The smallest absolute Gasteiger partial charge is 0.309 e. The van der Waals surface area contributed by atoms with Crippen molar-refractivity contribution in [1.29, 1.82) is 0 Å². The lowest BCUT2D eigenvalue weighted by Crippen LogP contribution is -2.03. The molecule has 0 bridgehead atoms. The van der Waals surface area contributed by atoms with E-state index in [2.05, 4.69) is 4.74 Å². The molecule has 2 atom stereocenters. The van der Waals surface area contributed by atoms with Crippen LogP contribution in [0.5, 0.6) is 0 Å². The van der Waals surface area contributed by atoms with Crippen LogP contribution in [0.4, 0.5) is 5.69 Å². The third-order valence-corrected chi connectivity index (χ3v) is 2.66. The topological polar surface area (TPSA) is 52.3 Å². The first-order valence-electron chi connectivity index (χ1n) is 4.65. The maximum absolute atomic E-state index is 11.2. The Morgan fingerprint density at radius 2 is 2.07 bits per heavy atom. The molecule has 0 radical (unpaired) electrons. The molecule has 2 rings (SSSR count). The first-order valence-corrected chi connectivity index (χ1v) is 4.65. The van der Waals surface area contributed by atoms with Crippen molar-refractivity contribution in [3.8, 4) is 0 Å². The van der Waals surface area contributed by atoms with Gasteiger partial charge in [-0.1, -0.05) is 12.1 Å². The summed E-state index contributed by atoms with van der Waals surface area (Å²) >= 11 is 0. The molecule has 14 heavy (non-hydrogen) atoms. The number of nitrogens with two attached hydrogens (primary N) is 1. The minimum atomic E-state index is -0.105. The number of carbonyl (C=O) groups is 1. The molecule has 0 aliphatic heterocycles. The molecular formula is C11H13NO2. The van der Waals surface area contributed by atoms with E-state index in [1.165, 1.54) is 12.7 Å². The van der Waals surface area contributed by atoms with E-state index in [1.54, 1.807) is 0 Å². The number of carbonyl (C=O) groups excluding carboxylic acids is 1. The van der Waals surface area contributed by atoms with Crippen molar-refractivity contribution < 1.29 is 9.53 Å². The van der Waals surface area contributed by atoms with Crippen LogP contribution in [-0.2, 0) is 9.53 Å². The standard InChI is InChI=1S/C11H13NO2/c1-14-11(13)10-6-9(10)7-2-4-8(12)5-3-7/h2-5,9-10H,6,12H2,1H3/t9?,10-/m1/s1. The molecule has 1 aliphatic rings. The Morgan fingerprint density at radius 3 is 2.64 bits per heavy atom. The Kier molecular flexibility index (Phi) is 2.15. The van der Waals surface area contributed by atoms with Crippen LogP contribution >= 0.6 is 0 Å². The van der Waals surface area contributed by atoms with Gasteiger partial charge in [0, 0.05) is 5.69 Å². The number of hydrogen-bond acceptors (Lipinski definition) is 3. The van der Waals surface area contributed by atoms with Crippen LogP contribution in [0.15, 0.2) is 24.3 Å². The van der Waals surface area contributed by atoms with Gasteiger partial charge in [0.25, 0.3) is 0 Å². The van der Waals surface area contributed by atoms with E-state index in [4.69, 9.17) is 5.73 Å². The van der Waals surface area contributed by atoms with Crippen LogP contribution in [-0.4, -0.2) is 13.1 Å². The number of methoxy groups -OCH3 is 1. The van der Waals surface area contributed by atoms with Crippen LogP contribution in [0, 0.1) is 5.92 Å². The van der Waals surface area contributed by atoms with Crippen molar-refractivity contribution in [2.24, 2.45) is 5.92 Å². The van der Waals surface area contributed by atoms with Crippen molar-refractivity contribution in [2.45, 2.75) is 12.3 Å². The average molecular weight is 191 g/mol. The Labute approximate surface area is 82.9 Å². The molecule has 3 nitrogen and oxygen atoms in total. The van der Waals surface area contributed by atoms with Gasteiger partial charge in [-0.05, 0) is 30.0 Å². The van der Waals surface area contributed by atoms with Gasteiger partial charge in [0.15, 0.2) is 0 Å². The quantitative estimate of drug-likeness (QED) is 0.570. The van der Waals surface area contributed by atoms with Gasteiger partial charge in [-0.25, -0.2) is 0 Å². The molecule has 1 unspecified atom stereocenters. The van der Waals surface area contributed by atoms with E-state index < -0.39 is 0 Å². The lowest BCUT2D eigenvalue weighted by molar-refractivity contribution is -0.142. The third kappa shape index (κ3) is 1.58. The number of esters is 1. The normalized spacial score (nSPS) is 24.4. The first kappa shape index (κ1) is 9.06. The summed E-state index contributed by atoms with van der Waals surface area (Å²) in [5.74, 6) is 0.290. The Hall–Kier alpha value is -1.51. The second-order valence-corrected chi connectivity index (χ2v) is 3.64. The Balaban J connectivity index is 2.06. The molecule has 0 aromatic heterocycles. The number of rotatable bonds is 2. The van der Waals surface area contributed by atoms with E-state index in [9.17, 15) is 4.79 Å². The summed E-state index contributed by atoms with van der Waals surface area (Å²) in [6, 6.07) is 7.68. The number of hydrogen-bond donors (Lipinski definition) is 1. The fourth-order valence-corrected chi connectivity index (χ4v) is 1.72. The summed E-state index contributed by atoms with van der Waals surface area (Å²) in [7, 11) is 1.43. The molecule has 2 N–H and O–H groups in total. The fraction of sp³-hybridized carbons (Fsp3) is 0.364. The van der Waals surface area contributed by atoms with Crippen molar-refractivity contribution in [2.75, 3.05) is 12.8 Å². The minimum absolute atomic E-state index is 0.0589. The third-order valence-electron chi connectivity index (χ3n) is 2.66. The second kappa shape index (κ2) is 3.33. The molecule has 0 spiro atoms. The summed E-state index contributed by atoms with van der Waals surface area (Å²) in [4.78, 5) is 11.2. The van der Waals surface area contributed by atoms with Gasteiger partial charge in [-0.2, -0.15) is 0 Å². The molecule has 1 fully saturated rings. The van der Waals surface area contributed by atoms with Gasteiger partial charge >= 0.3 is 5.97 Å². The zero-order valence-corrected chi connectivity index (χ0v) is 8.07. The highest BCUT2D eigenvalue weighted by Gasteiger charge is 2.44. The molecule has 0 saturated heterocycles. The zero-order chi connectivity index (χ0) is 10.1. The largest absolute Gasteiger partial charge is 0.469 e. The first-order chi connectivity index (χ1) is 6.72. The van der Waals surface area contributed by atoms with Gasteiger partial charge in [0.05, 0.1) is 13.0 Å². The van der Waals surface area contributed by atoms with Crippen LogP contribution < -0.4 is 5.73 Å². The molecule has 0 amide bonds. The molecular weight excluding hydrogens is 178 g/mol. The molecule has 1 aromatic rings. The van der Waals surface area contributed by atoms with E-state index >= 15 is 0 Å². The SMILES string of the molecule is COC(=O)[C@@H]1CC1c1ccc(N)cc1. The Bertz CT molecular complexity index is 345. The van der Waals surface area contributed by atoms with Crippen molar-refractivity contribution in [3.63, 3.8) is 0 Å². The van der Waals surface area contributed by atoms with Crippen LogP contribution in [0.2, 0.25) is 0 Å². The monoisotopic (exact) mass is 191 g/mol. The average Bonchev–Trinajstić information content (AvgIpc) is 2.98. The zero-order valence-electron chi connectivity index (χ0n) is 8.07.